The Morgan fingerprint density at radius 1 is 0.440 bits per heavy atom. The molecule has 0 amide bonds. The third kappa shape index (κ3) is 19.6. The van der Waals surface area contributed by atoms with Crippen molar-refractivity contribution in [2.75, 3.05) is 19.6 Å². The molecule has 25 heavy (non-hydrogen) atoms. The second-order valence-electron chi connectivity index (χ2n) is 7.41. The average molecular weight is 350 g/mol. The van der Waals surface area contributed by atoms with E-state index in [-0.39, 0.29) is 0 Å². The van der Waals surface area contributed by atoms with Crippen LogP contribution in [-0.2, 0) is 0 Å². The van der Waals surface area contributed by atoms with Crippen molar-refractivity contribution in [1.82, 2.24) is 4.90 Å². The summed E-state index contributed by atoms with van der Waals surface area (Å²) >= 11 is 0. The maximum atomic E-state index is 2.72. The highest BCUT2D eigenvalue weighted by molar-refractivity contribution is 4.82. The fourth-order valence-corrected chi connectivity index (χ4v) is 3.12. The molecule has 0 atom stereocenters. The van der Waals surface area contributed by atoms with Crippen molar-refractivity contribution in [1.29, 1.82) is 0 Å². The van der Waals surface area contributed by atoms with E-state index in [4.69, 9.17) is 0 Å². The fourth-order valence-electron chi connectivity index (χ4n) is 3.12. The van der Waals surface area contributed by atoms with Crippen LogP contribution >= 0.6 is 0 Å². The van der Waals surface area contributed by atoms with Crippen molar-refractivity contribution < 1.29 is 0 Å². The van der Waals surface area contributed by atoms with Crippen molar-refractivity contribution in [3.8, 4) is 0 Å². The van der Waals surface area contributed by atoms with Crippen LogP contribution in [-0.4, -0.2) is 24.5 Å². The van der Waals surface area contributed by atoms with Crippen LogP contribution < -0.4 is 0 Å². The van der Waals surface area contributed by atoms with E-state index in [0.29, 0.717) is 0 Å². The third-order valence-electron chi connectivity index (χ3n) is 4.76. The van der Waals surface area contributed by atoms with Gasteiger partial charge in [-0.25, -0.2) is 0 Å². The summed E-state index contributed by atoms with van der Waals surface area (Å²) in [7, 11) is 0. The zero-order valence-electron chi connectivity index (χ0n) is 17.8. The van der Waals surface area contributed by atoms with Gasteiger partial charge in [-0.2, -0.15) is 0 Å². The Labute approximate surface area is 160 Å². The highest BCUT2D eigenvalue weighted by Gasteiger charge is 2.03. The van der Waals surface area contributed by atoms with Gasteiger partial charge in [0.25, 0.3) is 0 Å². The molecule has 1 heteroatoms. The molecule has 0 unspecified atom stereocenters. The molecule has 0 aromatic carbocycles. The predicted octanol–water partition coefficient (Wildman–Crippen LogP) is 7.92. The fraction of sp³-hybridized carbons (Fsp3) is 0.833. The molecule has 148 valence electrons. The number of allylic oxidation sites excluding steroid dienone is 4. The zero-order chi connectivity index (χ0) is 18.4. The van der Waals surface area contributed by atoms with Crippen LogP contribution in [0.1, 0.15) is 111 Å². The van der Waals surface area contributed by atoms with E-state index in [9.17, 15) is 0 Å². The lowest BCUT2D eigenvalue weighted by atomic mass is 10.1. The molecule has 0 saturated heterocycles. The second-order valence-corrected chi connectivity index (χ2v) is 7.41. The van der Waals surface area contributed by atoms with E-state index < -0.39 is 0 Å². The van der Waals surface area contributed by atoms with E-state index in [1.807, 2.05) is 0 Å². The number of unbranched alkanes of at least 4 members (excludes halogenated alkanes) is 9. The van der Waals surface area contributed by atoms with E-state index in [0.717, 1.165) is 0 Å². The number of nitrogens with zero attached hydrogens (tertiary/aromatic N) is 1. The highest BCUT2D eigenvalue weighted by atomic mass is 15.1. The van der Waals surface area contributed by atoms with Gasteiger partial charge in [0.1, 0.15) is 0 Å². The molecule has 0 spiro atoms. The summed E-state index contributed by atoms with van der Waals surface area (Å²) in [5.74, 6) is 0. The van der Waals surface area contributed by atoms with Gasteiger partial charge in [-0.1, -0.05) is 90.0 Å². The lowest BCUT2D eigenvalue weighted by molar-refractivity contribution is 0.261. The van der Waals surface area contributed by atoms with E-state index in [1.54, 1.807) is 0 Å². The van der Waals surface area contributed by atoms with Crippen LogP contribution in [0.5, 0.6) is 0 Å². The third-order valence-corrected chi connectivity index (χ3v) is 4.76. The average Bonchev–Trinajstić information content (AvgIpc) is 2.63. The Morgan fingerprint density at radius 3 is 1.40 bits per heavy atom. The second kappa shape index (κ2) is 21.5. The standard InChI is InChI=1S/C24H47N/c1-4-7-10-13-16-19-22-25(23-20-17-14-11-8-5-2)24-21-18-15-12-9-6-3/h10-11,13-14H,4-9,12,15-24H2,1-3H3/b13-10+,14-11+. The summed E-state index contributed by atoms with van der Waals surface area (Å²) in [5.41, 5.74) is 0. The Balaban J connectivity index is 3.91. The van der Waals surface area contributed by atoms with Gasteiger partial charge in [0.2, 0.25) is 0 Å². The normalized spacial score (nSPS) is 12.2. The van der Waals surface area contributed by atoms with E-state index in [2.05, 4.69) is 50.0 Å². The van der Waals surface area contributed by atoms with Crippen molar-refractivity contribution >= 4 is 0 Å². The summed E-state index contributed by atoms with van der Waals surface area (Å²) in [4.78, 5) is 2.72. The smallest absolute Gasteiger partial charge is 0.00158 e. The molecule has 0 fully saturated rings. The zero-order valence-corrected chi connectivity index (χ0v) is 17.8. The van der Waals surface area contributed by atoms with Crippen LogP contribution in [0.25, 0.3) is 0 Å². The SMILES string of the molecule is CCC/C=C/CCCN(CCC/C=C/CCC)CCCCCCCC. The first-order valence-electron chi connectivity index (χ1n) is 11.4. The summed E-state index contributed by atoms with van der Waals surface area (Å²) in [6.07, 6.45) is 28.1. The van der Waals surface area contributed by atoms with Crippen molar-refractivity contribution in [2.24, 2.45) is 0 Å². The van der Waals surface area contributed by atoms with E-state index >= 15 is 0 Å². The number of rotatable bonds is 19. The molecule has 0 aliphatic rings. The van der Waals surface area contributed by atoms with E-state index in [1.165, 1.54) is 110 Å². The molecule has 0 heterocycles. The Hall–Kier alpha value is -0.560. The molecule has 0 aliphatic carbocycles. The summed E-state index contributed by atoms with van der Waals surface area (Å²) in [6.45, 7) is 10.7. The molecule has 0 aliphatic heterocycles. The first-order valence-corrected chi connectivity index (χ1v) is 11.4. The van der Waals surface area contributed by atoms with Crippen molar-refractivity contribution in [2.45, 2.75) is 111 Å². The van der Waals surface area contributed by atoms with Gasteiger partial charge >= 0.3 is 0 Å². The minimum Gasteiger partial charge on any atom is -0.303 e. The Morgan fingerprint density at radius 2 is 0.880 bits per heavy atom. The molecule has 0 aromatic heterocycles. The Kier molecular flexibility index (Phi) is 21.0. The largest absolute Gasteiger partial charge is 0.303 e. The topological polar surface area (TPSA) is 3.24 Å². The first kappa shape index (κ1) is 24.4. The number of hydrogen-bond acceptors (Lipinski definition) is 1. The van der Waals surface area contributed by atoms with Gasteiger partial charge in [-0.3, -0.25) is 0 Å². The van der Waals surface area contributed by atoms with Crippen LogP contribution in [0.2, 0.25) is 0 Å². The molecular formula is C24H47N. The molecule has 0 radical (unpaired) electrons. The van der Waals surface area contributed by atoms with Gasteiger partial charge in [0.15, 0.2) is 0 Å². The van der Waals surface area contributed by atoms with Gasteiger partial charge in [-0.15, -0.1) is 0 Å². The monoisotopic (exact) mass is 349 g/mol. The summed E-state index contributed by atoms with van der Waals surface area (Å²) in [5, 5.41) is 0. The summed E-state index contributed by atoms with van der Waals surface area (Å²) < 4.78 is 0. The first-order chi connectivity index (χ1) is 12.3. The van der Waals surface area contributed by atoms with Gasteiger partial charge in [0, 0.05) is 0 Å². The van der Waals surface area contributed by atoms with Gasteiger partial charge in [0.05, 0.1) is 0 Å². The quantitative estimate of drug-likeness (QED) is 0.169. The Bertz CT molecular complexity index is 270. The maximum Gasteiger partial charge on any atom is -0.00158 e. The van der Waals surface area contributed by atoms with Crippen LogP contribution in [0, 0.1) is 0 Å². The van der Waals surface area contributed by atoms with Crippen molar-refractivity contribution in [3.63, 3.8) is 0 Å². The van der Waals surface area contributed by atoms with Gasteiger partial charge < -0.3 is 4.90 Å². The molecule has 1 nitrogen and oxygen atoms in total. The van der Waals surface area contributed by atoms with Crippen molar-refractivity contribution in [3.05, 3.63) is 24.3 Å². The van der Waals surface area contributed by atoms with Crippen LogP contribution in [0.3, 0.4) is 0 Å². The molecular weight excluding hydrogens is 302 g/mol. The number of hydrogen-bond donors (Lipinski definition) is 0. The molecule has 0 bridgehead atoms. The van der Waals surface area contributed by atoms with Crippen LogP contribution in [0.15, 0.2) is 24.3 Å². The van der Waals surface area contributed by atoms with Gasteiger partial charge in [-0.05, 0) is 64.6 Å². The lowest BCUT2D eigenvalue weighted by Gasteiger charge is -2.22. The molecule has 0 saturated carbocycles. The molecule has 0 rings (SSSR count). The van der Waals surface area contributed by atoms with Crippen LogP contribution in [0.4, 0.5) is 0 Å². The minimum atomic E-state index is 1.24. The lowest BCUT2D eigenvalue weighted by Crippen LogP contribution is -2.27. The highest BCUT2D eigenvalue weighted by Crippen LogP contribution is 2.08. The molecule has 0 aromatic rings. The molecule has 0 N–H and O–H groups in total. The predicted molar refractivity (Wildman–Crippen MR) is 116 cm³/mol. The summed E-state index contributed by atoms with van der Waals surface area (Å²) in [6, 6.07) is 0. The minimum absolute atomic E-state index is 1.24. The maximum absolute atomic E-state index is 2.72.